The molecule has 0 aliphatic carbocycles. The molecule has 6 nitrogen and oxygen atoms in total. The molecule has 1 saturated heterocycles. The Bertz CT molecular complexity index is 931. The van der Waals surface area contributed by atoms with E-state index in [1.807, 2.05) is 30.5 Å². The molecule has 0 atom stereocenters. The van der Waals surface area contributed by atoms with Crippen molar-refractivity contribution in [2.24, 2.45) is 0 Å². The van der Waals surface area contributed by atoms with E-state index >= 15 is 0 Å². The number of rotatable bonds is 7. The summed E-state index contributed by atoms with van der Waals surface area (Å²) in [6.45, 7) is 5.89. The highest BCUT2D eigenvalue weighted by Gasteiger charge is 2.14. The number of aryl methyl sites for hydroxylation is 1. The van der Waals surface area contributed by atoms with Crippen LogP contribution in [-0.2, 0) is 5.75 Å². The number of hydrogen-bond acceptors (Lipinski definition) is 7. The van der Waals surface area contributed by atoms with Crippen LogP contribution in [0.1, 0.15) is 33.9 Å². The van der Waals surface area contributed by atoms with Crippen LogP contribution < -0.4 is 5.32 Å². The molecule has 8 heteroatoms. The van der Waals surface area contributed by atoms with Crippen LogP contribution in [0.4, 0.5) is 0 Å². The zero-order chi connectivity index (χ0) is 18.6. The number of amides is 1. The van der Waals surface area contributed by atoms with Crippen LogP contribution >= 0.6 is 23.1 Å². The highest BCUT2D eigenvalue weighted by molar-refractivity contribution is 7.98. The minimum Gasteiger partial charge on any atom is -0.431 e. The summed E-state index contributed by atoms with van der Waals surface area (Å²) in [6, 6.07) is 5.91. The first-order valence-electron chi connectivity index (χ1n) is 9.13. The van der Waals surface area contributed by atoms with Crippen molar-refractivity contribution in [2.45, 2.75) is 30.7 Å². The number of thiazole rings is 1. The number of para-hydroxylation sites is 1. The number of benzene rings is 1. The largest absolute Gasteiger partial charge is 0.431 e. The van der Waals surface area contributed by atoms with Gasteiger partial charge in [-0.2, -0.15) is 0 Å². The quantitative estimate of drug-likeness (QED) is 0.608. The number of hydrogen-bond donors (Lipinski definition) is 1. The summed E-state index contributed by atoms with van der Waals surface area (Å²) in [7, 11) is 0. The molecule has 1 aliphatic heterocycles. The van der Waals surface area contributed by atoms with Crippen molar-refractivity contribution >= 4 is 40.1 Å². The van der Waals surface area contributed by atoms with Crippen LogP contribution in [0.15, 0.2) is 33.2 Å². The minimum atomic E-state index is -0.0980. The number of nitrogens with zero attached hydrogens (tertiary/aromatic N) is 3. The first-order chi connectivity index (χ1) is 13.2. The predicted molar refractivity (Wildman–Crippen MR) is 108 cm³/mol. The molecule has 0 saturated carbocycles. The first-order valence-corrected chi connectivity index (χ1v) is 11.0. The maximum atomic E-state index is 12.2. The monoisotopic (exact) mass is 402 g/mol. The third-order valence-electron chi connectivity index (χ3n) is 4.62. The van der Waals surface area contributed by atoms with E-state index in [1.54, 1.807) is 0 Å². The summed E-state index contributed by atoms with van der Waals surface area (Å²) >= 11 is 2.99. The molecule has 27 heavy (non-hydrogen) atoms. The Morgan fingerprint density at radius 3 is 3.00 bits per heavy atom. The lowest BCUT2D eigenvalue weighted by Gasteiger charge is -2.14. The maximum absolute atomic E-state index is 12.2. The van der Waals surface area contributed by atoms with Crippen molar-refractivity contribution in [1.82, 2.24) is 20.2 Å². The molecular weight excluding hydrogens is 380 g/mol. The van der Waals surface area contributed by atoms with Gasteiger partial charge in [0.1, 0.15) is 16.2 Å². The highest BCUT2D eigenvalue weighted by atomic mass is 32.2. The van der Waals surface area contributed by atoms with Crippen molar-refractivity contribution in [3.63, 3.8) is 0 Å². The fourth-order valence-electron chi connectivity index (χ4n) is 3.16. The molecule has 2 aromatic heterocycles. The number of nitrogens with one attached hydrogen (secondary N) is 1. The summed E-state index contributed by atoms with van der Waals surface area (Å²) in [5.41, 5.74) is 3.29. The van der Waals surface area contributed by atoms with Crippen molar-refractivity contribution < 1.29 is 9.21 Å². The van der Waals surface area contributed by atoms with E-state index in [0.29, 0.717) is 23.2 Å². The van der Waals surface area contributed by atoms with Gasteiger partial charge in [-0.1, -0.05) is 23.9 Å². The molecule has 0 spiro atoms. The minimum absolute atomic E-state index is 0.0980. The summed E-state index contributed by atoms with van der Waals surface area (Å²) in [6.07, 6.45) is 2.53. The number of fused-ring (bicyclic) bond motifs is 1. The van der Waals surface area contributed by atoms with Gasteiger partial charge in [0.05, 0.1) is 5.75 Å². The zero-order valence-corrected chi connectivity index (χ0v) is 16.9. The van der Waals surface area contributed by atoms with Gasteiger partial charge in [0, 0.05) is 18.5 Å². The average molecular weight is 403 g/mol. The molecule has 1 aliphatic rings. The van der Waals surface area contributed by atoms with E-state index in [9.17, 15) is 4.79 Å². The summed E-state index contributed by atoms with van der Waals surface area (Å²) in [4.78, 5) is 23.6. The molecular formula is C19H22N4O2S2. The number of likely N-dealkylation sites (tertiary alicyclic amines) is 1. The van der Waals surface area contributed by atoms with Crippen LogP contribution in [0.2, 0.25) is 0 Å². The van der Waals surface area contributed by atoms with E-state index in [4.69, 9.17) is 4.42 Å². The molecule has 3 heterocycles. The Hall–Kier alpha value is -1.90. The van der Waals surface area contributed by atoms with Gasteiger partial charge in [0.15, 0.2) is 5.58 Å². The second kappa shape index (κ2) is 8.41. The van der Waals surface area contributed by atoms with Gasteiger partial charge in [0.2, 0.25) is 0 Å². The molecule has 4 rings (SSSR count). The Balaban J connectivity index is 1.29. The number of carbonyl (C=O) groups excluding carboxylic acids is 1. The lowest BCUT2D eigenvalue weighted by molar-refractivity contribution is 0.0945. The Kier molecular flexibility index (Phi) is 5.75. The van der Waals surface area contributed by atoms with E-state index in [-0.39, 0.29) is 5.91 Å². The van der Waals surface area contributed by atoms with Gasteiger partial charge < -0.3 is 14.6 Å². The average Bonchev–Trinajstić information content (AvgIpc) is 3.40. The van der Waals surface area contributed by atoms with Crippen LogP contribution in [0.3, 0.4) is 0 Å². The van der Waals surface area contributed by atoms with Crippen molar-refractivity contribution in [1.29, 1.82) is 0 Å². The molecule has 1 N–H and O–H groups in total. The third kappa shape index (κ3) is 4.51. The summed E-state index contributed by atoms with van der Waals surface area (Å²) < 4.78 is 5.77. The number of oxazole rings is 1. The van der Waals surface area contributed by atoms with E-state index < -0.39 is 0 Å². The van der Waals surface area contributed by atoms with E-state index in [1.165, 1.54) is 35.9 Å². The number of aromatic nitrogens is 2. The van der Waals surface area contributed by atoms with Crippen LogP contribution in [0.25, 0.3) is 11.1 Å². The molecule has 1 aromatic carbocycles. The molecule has 3 aromatic rings. The lowest BCUT2D eigenvalue weighted by Crippen LogP contribution is -2.33. The van der Waals surface area contributed by atoms with Crippen LogP contribution in [0.5, 0.6) is 0 Å². The Labute approximate surface area is 166 Å². The van der Waals surface area contributed by atoms with E-state index in [0.717, 1.165) is 41.3 Å². The van der Waals surface area contributed by atoms with Crippen LogP contribution in [0, 0.1) is 6.92 Å². The fraction of sp³-hybridized carbons (Fsp3) is 0.421. The second-order valence-corrected chi connectivity index (χ2v) is 8.49. The summed E-state index contributed by atoms with van der Waals surface area (Å²) in [5, 5.41) is 6.30. The van der Waals surface area contributed by atoms with E-state index in [2.05, 4.69) is 20.2 Å². The van der Waals surface area contributed by atoms with Crippen molar-refractivity contribution in [3.8, 4) is 0 Å². The van der Waals surface area contributed by atoms with Crippen LogP contribution in [-0.4, -0.2) is 47.0 Å². The molecule has 0 bridgehead atoms. The smallest absolute Gasteiger partial charge is 0.270 e. The normalized spacial score (nSPS) is 14.9. The first kappa shape index (κ1) is 18.5. The number of thioether (sulfide) groups is 1. The third-order valence-corrected chi connectivity index (χ3v) is 6.49. The maximum Gasteiger partial charge on any atom is 0.270 e. The SMILES string of the molecule is Cc1cccc2oc(SCc3nc(C(=O)NCCN4CCCC4)cs3)nc12. The van der Waals surface area contributed by atoms with Crippen molar-refractivity contribution in [2.75, 3.05) is 26.2 Å². The predicted octanol–water partition coefficient (Wildman–Crippen LogP) is 3.71. The Morgan fingerprint density at radius 2 is 2.19 bits per heavy atom. The molecule has 142 valence electrons. The highest BCUT2D eigenvalue weighted by Crippen LogP contribution is 2.28. The number of carbonyl (C=O) groups is 1. The Morgan fingerprint density at radius 1 is 1.33 bits per heavy atom. The lowest BCUT2D eigenvalue weighted by atomic mass is 10.2. The van der Waals surface area contributed by atoms with Gasteiger partial charge >= 0.3 is 0 Å². The molecule has 0 radical (unpaired) electrons. The van der Waals surface area contributed by atoms with Gasteiger partial charge in [0.25, 0.3) is 11.1 Å². The zero-order valence-electron chi connectivity index (χ0n) is 15.2. The van der Waals surface area contributed by atoms with Crippen molar-refractivity contribution in [3.05, 3.63) is 39.8 Å². The summed E-state index contributed by atoms with van der Waals surface area (Å²) in [5.74, 6) is 0.539. The topological polar surface area (TPSA) is 71.3 Å². The molecule has 1 amide bonds. The molecule has 0 unspecified atom stereocenters. The van der Waals surface area contributed by atoms with Gasteiger partial charge in [-0.25, -0.2) is 9.97 Å². The standard InChI is InChI=1S/C19H22N4O2S2/c1-13-5-4-6-15-17(13)22-19(25-15)27-12-16-21-14(11-26-16)18(24)20-7-10-23-8-2-3-9-23/h4-6,11H,2-3,7-10,12H2,1H3,(H,20,24). The van der Waals surface area contributed by atoms with Gasteiger partial charge in [-0.3, -0.25) is 4.79 Å². The van der Waals surface area contributed by atoms with Gasteiger partial charge in [-0.05, 0) is 44.5 Å². The second-order valence-electron chi connectivity index (χ2n) is 6.62. The van der Waals surface area contributed by atoms with Gasteiger partial charge in [-0.15, -0.1) is 11.3 Å². The fourth-order valence-corrected chi connectivity index (χ4v) is 4.78. The molecule has 1 fully saturated rings.